The smallest absolute Gasteiger partial charge is 0.264 e. The van der Waals surface area contributed by atoms with E-state index in [1.54, 1.807) is 0 Å². The normalized spacial score (nSPS) is 11.2. The van der Waals surface area contributed by atoms with Gasteiger partial charge in [0, 0.05) is 6.54 Å². The standard InChI is InChI=1S/C8H17NO4S/c10-8-9-6-4-2-1-3-5-7-14(11,12)13/h8H,1-7H2,(H,9,10)(H,11,12,13). The molecule has 84 valence electrons. The number of rotatable bonds is 9. The van der Waals surface area contributed by atoms with Gasteiger partial charge in [-0.1, -0.05) is 19.3 Å². The number of carbonyl (C=O) groups is 1. The lowest BCUT2D eigenvalue weighted by Crippen LogP contribution is -2.11. The molecule has 1 amide bonds. The Balaban J connectivity index is 3.10. The molecule has 0 aliphatic carbocycles. The predicted molar refractivity (Wildman–Crippen MR) is 53.6 cm³/mol. The quantitative estimate of drug-likeness (QED) is 0.340. The van der Waals surface area contributed by atoms with Crippen LogP contribution < -0.4 is 5.32 Å². The summed E-state index contributed by atoms with van der Waals surface area (Å²) < 4.78 is 29.0. The lowest BCUT2D eigenvalue weighted by molar-refractivity contribution is -0.109. The maximum absolute atomic E-state index is 10.3. The van der Waals surface area contributed by atoms with Crippen LogP contribution in [0.2, 0.25) is 0 Å². The van der Waals surface area contributed by atoms with Crippen molar-refractivity contribution in [1.29, 1.82) is 0 Å². The predicted octanol–water partition coefficient (Wildman–Crippen LogP) is 0.571. The van der Waals surface area contributed by atoms with Gasteiger partial charge < -0.3 is 5.32 Å². The summed E-state index contributed by atoms with van der Waals surface area (Å²) in [5.41, 5.74) is 0. The zero-order valence-electron chi connectivity index (χ0n) is 8.11. The van der Waals surface area contributed by atoms with Gasteiger partial charge in [0.1, 0.15) is 0 Å². The van der Waals surface area contributed by atoms with Crippen LogP contribution in [-0.4, -0.2) is 31.7 Å². The minimum Gasteiger partial charge on any atom is -0.359 e. The molecule has 0 fully saturated rings. The second kappa shape index (κ2) is 7.75. The summed E-state index contributed by atoms with van der Waals surface area (Å²) in [6, 6.07) is 0. The molecule has 0 atom stereocenters. The lowest BCUT2D eigenvalue weighted by atomic mass is 10.1. The Morgan fingerprint density at radius 1 is 1.07 bits per heavy atom. The Kier molecular flexibility index (Phi) is 7.41. The Morgan fingerprint density at radius 3 is 2.21 bits per heavy atom. The average molecular weight is 223 g/mol. The molecular weight excluding hydrogens is 206 g/mol. The highest BCUT2D eigenvalue weighted by Gasteiger charge is 2.02. The molecule has 0 saturated heterocycles. The summed E-state index contributed by atoms with van der Waals surface area (Å²) >= 11 is 0. The summed E-state index contributed by atoms with van der Waals surface area (Å²) in [6.07, 6.45) is 4.76. The fraction of sp³-hybridized carbons (Fsp3) is 0.875. The highest BCUT2D eigenvalue weighted by Crippen LogP contribution is 2.03. The van der Waals surface area contributed by atoms with Gasteiger partial charge in [-0.05, 0) is 12.8 Å². The van der Waals surface area contributed by atoms with Gasteiger partial charge in [-0.25, -0.2) is 0 Å². The van der Waals surface area contributed by atoms with E-state index in [4.69, 9.17) is 4.55 Å². The minimum atomic E-state index is -3.78. The fourth-order valence-electron chi connectivity index (χ4n) is 1.10. The first-order valence-corrected chi connectivity index (χ1v) is 6.29. The number of nitrogens with one attached hydrogen (secondary N) is 1. The highest BCUT2D eigenvalue weighted by molar-refractivity contribution is 7.85. The summed E-state index contributed by atoms with van der Waals surface area (Å²) in [5, 5.41) is 2.55. The van der Waals surface area contributed by atoms with Gasteiger partial charge in [-0.15, -0.1) is 0 Å². The molecule has 0 aliphatic heterocycles. The SMILES string of the molecule is O=CNCCCCCCCS(=O)(=O)O. The van der Waals surface area contributed by atoms with E-state index in [2.05, 4.69) is 5.32 Å². The molecule has 0 unspecified atom stereocenters. The van der Waals surface area contributed by atoms with Crippen molar-refractivity contribution in [2.45, 2.75) is 32.1 Å². The molecule has 2 N–H and O–H groups in total. The number of unbranched alkanes of at least 4 members (excludes halogenated alkanes) is 4. The van der Waals surface area contributed by atoms with E-state index in [0.29, 0.717) is 19.4 Å². The van der Waals surface area contributed by atoms with Crippen molar-refractivity contribution in [2.75, 3.05) is 12.3 Å². The first-order chi connectivity index (χ1) is 6.56. The van der Waals surface area contributed by atoms with Crippen LogP contribution in [0.3, 0.4) is 0 Å². The summed E-state index contributed by atoms with van der Waals surface area (Å²) in [4.78, 5) is 9.84. The first kappa shape index (κ1) is 13.4. The molecule has 0 heterocycles. The molecule has 0 aromatic rings. The van der Waals surface area contributed by atoms with Crippen LogP contribution in [0.4, 0.5) is 0 Å². The third kappa shape index (κ3) is 11.4. The molecule has 6 heteroatoms. The number of carbonyl (C=O) groups excluding carboxylic acids is 1. The van der Waals surface area contributed by atoms with Gasteiger partial charge in [0.2, 0.25) is 6.41 Å². The highest BCUT2D eigenvalue weighted by atomic mass is 32.2. The van der Waals surface area contributed by atoms with Gasteiger partial charge in [0.25, 0.3) is 10.1 Å². The number of hydrogen-bond acceptors (Lipinski definition) is 3. The minimum absolute atomic E-state index is 0.153. The van der Waals surface area contributed by atoms with Crippen molar-refractivity contribution in [3.63, 3.8) is 0 Å². The van der Waals surface area contributed by atoms with E-state index in [9.17, 15) is 13.2 Å². The van der Waals surface area contributed by atoms with Crippen LogP contribution in [0, 0.1) is 0 Å². The zero-order valence-corrected chi connectivity index (χ0v) is 8.92. The third-order valence-electron chi connectivity index (χ3n) is 1.81. The third-order valence-corrected chi connectivity index (χ3v) is 2.61. The Hall–Kier alpha value is -0.620. The van der Waals surface area contributed by atoms with Crippen molar-refractivity contribution in [1.82, 2.24) is 5.32 Å². The van der Waals surface area contributed by atoms with Crippen LogP contribution >= 0.6 is 0 Å². The molecule has 0 radical (unpaired) electrons. The lowest BCUT2D eigenvalue weighted by Gasteiger charge is -2.00. The molecule has 14 heavy (non-hydrogen) atoms. The van der Waals surface area contributed by atoms with Gasteiger partial charge in [0.15, 0.2) is 0 Å². The molecular formula is C8H17NO4S. The maximum atomic E-state index is 10.3. The van der Waals surface area contributed by atoms with Crippen LogP contribution in [0.5, 0.6) is 0 Å². The average Bonchev–Trinajstić information content (AvgIpc) is 2.08. The van der Waals surface area contributed by atoms with E-state index in [1.807, 2.05) is 0 Å². The van der Waals surface area contributed by atoms with Crippen LogP contribution in [0.1, 0.15) is 32.1 Å². The topological polar surface area (TPSA) is 83.5 Å². The Labute approximate surface area is 84.6 Å². The number of amides is 1. The first-order valence-electron chi connectivity index (χ1n) is 4.68. The molecule has 0 aromatic carbocycles. The second-order valence-corrected chi connectivity index (χ2v) is 4.70. The van der Waals surface area contributed by atoms with Crippen molar-refractivity contribution in [3.05, 3.63) is 0 Å². The van der Waals surface area contributed by atoms with E-state index < -0.39 is 10.1 Å². The molecule has 0 aliphatic rings. The Morgan fingerprint density at radius 2 is 1.64 bits per heavy atom. The second-order valence-electron chi connectivity index (χ2n) is 3.13. The fourth-order valence-corrected chi connectivity index (χ4v) is 1.67. The molecule has 0 aromatic heterocycles. The van der Waals surface area contributed by atoms with Crippen LogP contribution in [-0.2, 0) is 14.9 Å². The van der Waals surface area contributed by atoms with Gasteiger partial charge in [-0.2, -0.15) is 8.42 Å². The van der Waals surface area contributed by atoms with Crippen LogP contribution in [0.25, 0.3) is 0 Å². The van der Waals surface area contributed by atoms with Crippen molar-refractivity contribution >= 4 is 16.5 Å². The Bertz CT molecular complexity index is 238. The van der Waals surface area contributed by atoms with Gasteiger partial charge >= 0.3 is 0 Å². The molecule has 0 saturated carbocycles. The number of hydrogen-bond donors (Lipinski definition) is 2. The zero-order chi connectivity index (χ0) is 10.9. The van der Waals surface area contributed by atoms with Gasteiger partial charge in [0.05, 0.1) is 5.75 Å². The summed E-state index contributed by atoms with van der Waals surface area (Å²) in [6.45, 7) is 0.668. The summed E-state index contributed by atoms with van der Waals surface area (Å²) in [7, 11) is -3.78. The van der Waals surface area contributed by atoms with E-state index in [0.717, 1.165) is 25.7 Å². The monoisotopic (exact) mass is 223 g/mol. The molecule has 0 bridgehead atoms. The largest absolute Gasteiger partial charge is 0.359 e. The van der Waals surface area contributed by atoms with Crippen LogP contribution in [0.15, 0.2) is 0 Å². The maximum Gasteiger partial charge on any atom is 0.264 e. The molecule has 0 spiro atoms. The molecule has 0 rings (SSSR count). The van der Waals surface area contributed by atoms with Gasteiger partial charge in [-0.3, -0.25) is 9.35 Å². The van der Waals surface area contributed by atoms with E-state index in [1.165, 1.54) is 0 Å². The van der Waals surface area contributed by atoms with Crippen molar-refractivity contribution < 1.29 is 17.8 Å². The van der Waals surface area contributed by atoms with E-state index >= 15 is 0 Å². The van der Waals surface area contributed by atoms with Crippen molar-refractivity contribution in [3.8, 4) is 0 Å². The van der Waals surface area contributed by atoms with Crippen molar-refractivity contribution in [2.24, 2.45) is 0 Å². The molecule has 5 nitrogen and oxygen atoms in total. The summed E-state index contributed by atoms with van der Waals surface area (Å²) in [5.74, 6) is -0.153. The van der Waals surface area contributed by atoms with E-state index in [-0.39, 0.29) is 5.75 Å².